The molecule has 128 valence electrons. The highest BCUT2D eigenvalue weighted by Crippen LogP contribution is 2.27. The van der Waals surface area contributed by atoms with Gasteiger partial charge in [0.15, 0.2) is 0 Å². The number of carbonyl (C=O) groups excluding carboxylic acids is 3. The van der Waals surface area contributed by atoms with Gasteiger partial charge in [-0.1, -0.05) is 25.0 Å². The van der Waals surface area contributed by atoms with Gasteiger partial charge >= 0.3 is 17.8 Å². The van der Waals surface area contributed by atoms with E-state index in [0.29, 0.717) is 6.54 Å². The molecule has 24 heavy (non-hydrogen) atoms. The molecule has 1 saturated heterocycles. The summed E-state index contributed by atoms with van der Waals surface area (Å²) in [5.41, 5.74) is 0.732. The minimum atomic E-state index is -0.780. The van der Waals surface area contributed by atoms with Crippen molar-refractivity contribution in [1.29, 1.82) is 0 Å². The molecular weight excluding hydrogens is 313 g/mol. The summed E-state index contributed by atoms with van der Waals surface area (Å²) in [5.74, 6) is -1.85. The molecule has 0 N–H and O–H groups in total. The normalized spacial score (nSPS) is 19.2. The standard InChI is InChI=1S/C17H20FN3O3/c1-19(10-12-5-4-6-13(18)9-12)11-20-15(22)16(23)21(17(20)24)14-7-2-3-8-14/h4-6,9,14H,2-3,7-8,10-11H2,1H3. The molecule has 0 bridgehead atoms. The summed E-state index contributed by atoms with van der Waals surface area (Å²) in [6.45, 7) is 0.371. The average molecular weight is 333 g/mol. The molecule has 1 aliphatic heterocycles. The van der Waals surface area contributed by atoms with Gasteiger partial charge in [0.1, 0.15) is 5.82 Å². The van der Waals surface area contributed by atoms with Gasteiger partial charge in [0.05, 0.1) is 6.67 Å². The summed E-state index contributed by atoms with van der Waals surface area (Å²) in [6, 6.07) is 5.43. The first kappa shape index (κ1) is 16.6. The number of hydrogen-bond donors (Lipinski definition) is 0. The maximum Gasteiger partial charge on any atom is 0.335 e. The van der Waals surface area contributed by atoms with Gasteiger partial charge < -0.3 is 0 Å². The van der Waals surface area contributed by atoms with E-state index in [1.807, 2.05) is 0 Å². The summed E-state index contributed by atoms with van der Waals surface area (Å²) in [7, 11) is 1.72. The van der Waals surface area contributed by atoms with Gasteiger partial charge in [-0.05, 0) is 37.6 Å². The van der Waals surface area contributed by atoms with E-state index in [1.54, 1.807) is 24.1 Å². The lowest BCUT2D eigenvalue weighted by atomic mass is 10.2. The number of rotatable bonds is 5. The highest BCUT2D eigenvalue weighted by Gasteiger charge is 2.48. The maximum absolute atomic E-state index is 13.2. The van der Waals surface area contributed by atoms with Gasteiger partial charge in [0, 0.05) is 12.6 Å². The second kappa shape index (κ2) is 6.68. The lowest BCUT2D eigenvalue weighted by molar-refractivity contribution is -0.144. The van der Waals surface area contributed by atoms with Crippen LogP contribution in [0.1, 0.15) is 31.2 Å². The van der Waals surface area contributed by atoms with Crippen LogP contribution in [0.25, 0.3) is 0 Å². The zero-order chi connectivity index (χ0) is 17.3. The number of hydrogen-bond acceptors (Lipinski definition) is 4. The topological polar surface area (TPSA) is 60.9 Å². The fourth-order valence-corrected chi connectivity index (χ4v) is 3.37. The molecule has 1 aromatic rings. The highest BCUT2D eigenvalue weighted by molar-refractivity contribution is 6.44. The Morgan fingerprint density at radius 1 is 1.17 bits per heavy atom. The first-order valence-corrected chi connectivity index (χ1v) is 8.09. The van der Waals surface area contributed by atoms with Crippen LogP contribution < -0.4 is 0 Å². The SMILES string of the molecule is CN(Cc1cccc(F)c1)CN1C(=O)C(=O)N(C2CCCC2)C1=O. The Bertz CT molecular complexity index is 673. The number of halogens is 1. The molecule has 1 aromatic carbocycles. The molecule has 1 heterocycles. The highest BCUT2D eigenvalue weighted by atomic mass is 19.1. The minimum absolute atomic E-state index is 0.00312. The van der Waals surface area contributed by atoms with Gasteiger partial charge in [0.2, 0.25) is 0 Å². The third-order valence-electron chi connectivity index (χ3n) is 4.50. The van der Waals surface area contributed by atoms with Crippen molar-refractivity contribution >= 4 is 17.8 Å². The van der Waals surface area contributed by atoms with Crippen molar-refractivity contribution < 1.29 is 18.8 Å². The molecule has 0 spiro atoms. The van der Waals surface area contributed by atoms with Crippen molar-refractivity contribution in [2.24, 2.45) is 0 Å². The second-order valence-electron chi connectivity index (χ2n) is 6.41. The Balaban J connectivity index is 1.66. The zero-order valence-corrected chi connectivity index (χ0v) is 13.6. The van der Waals surface area contributed by atoms with Gasteiger partial charge in [-0.3, -0.25) is 19.4 Å². The maximum atomic E-state index is 13.2. The van der Waals surface area contributed by atoms with Gasteiger partial charge in [-0.2, -0.15) is 0 Å². The molecule has 0 radical (unpaired) electrons. The van der Waals surface area contributed by atoms with E-state index in [-0.39, 0.29) is 18.5 Å². The fraction of sp³-hybridized carbons (Fsp3) is 0.471. The van der Waals surface area contributed by atoms with E-state index in [0.717, 1.165) is 41.0 Å². The van der Waals surface area contributed by atoms with Crippen molar-refractivity contribution in [1.82, 2.24) is 14.7 Å². The van der Waals surface area contributed by atoms with E-state index in [4.69, 9.17) is 0 Å². The third-order valence-corrected chi connectivity index (χ3v) is 4.50. The Morgan fingerprint density at radius 2 is 1.88 bits per heavy atom. The first-order chi connectivity index (χ1) is 11.5. The first-order valence-electron chi connectivity index (χ1n) is 8.09. The van der Waals surface area contributed by atoms with E-state index in [9.17, 15) is 18.8 Å². The van der Waals surface area contributed by atoms with Crippen LogP contribution in [0.3, 0.4) is 0 Å². The third kappa shape index (κ3) is 3.17. The molecule has 2 aliphatic rings. The van der Waals surface area contributed by atoms with Crippen LogP contribution in [-0.4, -0.2) is 52.3 Å². The van der Waals surface area contributed by atoms with E-state index in [1.165, 1.54) is 12.1 Å². The van der Waals surface area contributed by atoms with E-state index < -0.39 is 17.8 Å². The summed E-state index contributed by atoms with van der Waals surface area (Å²) in [6.07, 6.45) is 3.46. The Kier molecular flexibility index (Phi) is 4.62. The predicted octanol–water partition coefficient (Wildman–Crippen LogP) is 1.95. The van der Waals surface area contributed by atoms with Crippen LogP contribution in [0.5, 0.6) is 0 Å². The molecule has 4 amide bonds. The van der Waals surface area contributed by atoms with Crippen LogP contribution in [0.15, 0.2) is 24.3 Å². The molecule has 0 unspecified atom stereocenters. The summed E-state index contributed by atoms with van der Waals surface area (Å²) < 4.78 is 13.2. The van der Waals surface area contributed by atoms with Crippen molar-refractivity contribution in [2.75, 3.05) is 13.7 Å². The predicted molar refractivity (Wildman–Crippen MR) is 84.1 cm³/mol. The molecule has 6 nitrogen and oxygen atoms in total. The van der Waals surface area contributed by atoms with Gasteiger partial charge in [0.25, 0.3) is 0 Å². The summed E-state index contributed by atoms with van der Waals surface area (Å²) in [4.78, 5) is 40.6. The molecule has 1 aliphatic carbocycles. The van der Waals surface area contributed by atoms with Crippen molar-refractivity contribution in [2.45, 2.75) is 38.3 Å². The van der Waals surface area contributed by atoms with Crippen LogP contribution in [0.2, 0.25) is 0 Å². The Morgan fingerprint density at radius 3 is 2.54 bits per heavy atom. The van der Waals surface area contributed by atoms with Gasteiger partial charge in [-0.15, -0.1) is 0 Å². The lowest BCUT2D eigenvalue weighted by Crippen LogP contribution is -2.42. The fourth-order valence-electron chi connectivity index (χ4n) is 3.37. The number of carbonyl (C=O) groups is 3. The molecule has 0 aromatic heterocycles. The molecule has 2 fully saturated rings. The van der Waals surface area contributed by atoms with Crippen LogP contribution >= 0.6 is 0 Å². The second-order valence-corrected chi connectivity index (χ2v) is 6.41. The average Bonchev–Trinajstić information content (AvgIpc) is 3.11. The van der Waals surface area contributed by atoms with E-state index in [2.05, 4.69) is 0 Å². The summed E-state index contributed by atoms with van der Waals surface area (Å²) >= 11 is 0. The monoisotopic (exact) mass is 333 g/mol. The molecular formula is C17H20FN3O3. The number of amides is 4. The smallest absolute Gasteiger partial charge is 0.284 e. The number of benzene rings is 1. The molecule has 1 saturated carbocycles. The largest absolute Gasteiger partial charge is 0.335 e. The number of imide groups is 2. The summed E-state index contributed by atoms with van der Waals surface area (Å²) in [5, 5.41) is 0. The van der Waals surface area contributed by atoms with Crippen LogP contribution in [0, 0.1) is 5.82 Å². The lowest BCUT2D eigenvalue weighted by Gasteiger charge is -2.24. The number of nitrogens with zero attached hydrogens (tertiary/aromatic N) is 3. The molecule has 0 atom stereocenters. The van der Waals surface area contributed by atoms with Crippen LogP contribution in [0.4, 0.5) is 9.18 Å². The van der Waals surface area contributed by atoms with Gasteiger partial charge in [-0.25, -0.2) is 14.1 Å². The Labute approximate surface area is 139 Å². The van der Waals surface area contributed by atoms with Crippen molar-refractivity contribution in [3.05, 3.63) is 35.6 Å². The Hall–Kier alpha value is -2.28. The molecule has 7 heteroatoms. The van der Waals surface area contributed by atoms with Crippen molar-refractivity contribution in [3.8, 4) is 0 Å². The van der Waals surface area contributed by atoms with E-state index >= 15 is 0 Å². The quantitative estimate of drug-likeness (QED) is 0.610. The minimum Gasteiger partial charge on any atom is -0.284 e. The number of urea groups is 1. The zero-order valence-electron chi connectivity index (χ0n) is 13.6. The van der Waals surface area contributed by atoms with Crippen LogP contribution in [-0.2, 0) is 16.1 Å². The molecule has 3 rings (SSSR count). The van der Waals surface area contributed by atoms with Crippen molar-refractivity contribution in [3.63, 3.8) is 0 Å².